The van der Waals surface area contributed by atoms with Crippen LogP contribution in [0.2, 0.25) is 0 Å². The molecule has 3 atom stereocenters. The molecule has 2 bridgehead atoms. The third-order valence-corrected chi connectivity index (χ3v) is 8.50. The quantitative estimate of drug-likeness (QED) is 0.663. The molecule has 0 spiro atoms. The monoisotopic (exact) mass is 261 g/mol. The Hall–Kier alpha value is 0.310. The van der Waals surface area contributed by atoms with Crippen LogP contribution in [0, 0.1) is 23.2 Å². The summed E-state index contributed by atoms with van der Waals surface area (Å²) in [5, 5.41) is 28.5. The van der Waals surface area contributed by atoms with Crippen LogP contribution in [0.15, 0.2) is 0 Å². The molecule has 0 aromatic carbocycles. The highest BCUT2D eigenvalue weighted by Crippen LogP contribution is 2.66. The predicted octanol–water partition coefficient (Wildman–Crippen LogP) is 1.93. The van der Waals surface area contributed by atoms with E-state index in [1.165, 1.54) is 19.3 Å². The third kappa shape index (κ3) is 2.16. The largest absolute Gasteiger partial charge is 0.362 e. The van der Waals surface area contributed by atoms with E-state index in [4.69, 9.17) is 0 Å². The van der Waals surface area contributed by atoms with E-state index >= 15 is 0 Å². The number of rotatable bonds is 5. The molecule has 3 nitrogen and oxygen atoms in total. The second-order valence-electron chi connectivity index (χ2n) is 6.65. The Morgan fingerprint density at radius 3 is 2.06 bits per heavy atom. The molecule has 2 saturated carbocycles. The molecule has 2 aliphatic rings. The normalized spacial score (nSPS) is 35.5. The molecule has 0 aromatic rings. The van der Waals surface area contributed by atoms with Gasteiger partial charge in [0, 0.05) is 5.92 Å². The zero-order valence-corrected chi connectivity index (χ0v) is 11.9. The average molecular weight is 261 g/mol. The van der Waals surface area contributed by atoms with Crippen molar-refractivity contribution in [1.82, 2.24) is 0 Å². The van der Waals surface area contributed by atoms with Crippen molar-refractivity contribution >= 4 is 7.26 Å². The van der Waals surface area contributed by atoms with Crippen molar-refractivity contribution in [3.63, 3.8) is 0 Å². The van der Waals surface area contributed by atoms with Crippen LogP contribution in [-0.2, 0) is 0 Å². The van der Waals surface area contributed by atoms with Gasteiger partial charge in [-0.1, -0.05) is 13.8 Å². The molecule has 0 aromatic heterocycles. The molecular formula is C13H26O3P+. The van der Waals surface area contributed by atoms with Gasteiger partial charge in [-0.15, -0.1) is 0 Å². The fraction of sp³-hybridized carbons (Fsp3) is 1.00. The predicted molar refractivity (Wildman–Crippen MR) is 71.1 cm³/mol. The number of fused-ring (bicyclic) bond motifs is 2. The van der Waals surface area contributed by atoms with Crippen molar-refractivity contribution in [1.29, 1.82) is 0 Å². The maximum Gasteiger partial charge on any atom is 0.158 e. The maximum atomic E-state index is 9.51. The molecule has 100 valence electrons. The van der Waals surface area contributed by atoms with E-state index in [0.717, 1.165) is 18.0 Å². The van der Waals surface area contributed by atoms with Crippen LogP contribution in [0.5, 0.6) is 0 Å². The summed E-state index contributed by atoms with van der Waals surface area (Å²) >= 11 is 0. The summed E-state index contributed by atoms with van der Waals surface area (Å²) in [7, 11) is -1.93. The zero-order chi connectivity index (χ0) is 12.7. The summed E-state index contributed by atoms with van der Waals surface area (Å²) in [5.41, 5.74) is 0.327. The van der Waals surface area contributed by atoms with E-state index in [2.05, 4.69) is 13.8 Å². The van der Waals surface area contributed by atoms with Gasteiger partial charge in [-0.05, 0) is 36.5 Å². The summed E-state index contributed by atoms with van der Waals surface area (Å²) in [6.45, 7) is 4.67. The number of aliphatic hydroxyl groups excluding tert-OH is 3. The van der Waals surface area contributed by atoms with Gasteiger partial charge in [-0.2, -0.15) is 0 Å². The minimum absolute atomic E-state index is 0.00995. The van der Waals surface area contributed by atoms with Gasteiger partial charge >= 0.3 is 0 Å². The van der Waals surface area contributed by atoms with Gasteiger partial charge in [-0.3, -0.25) is 0 Å². The van der Waals surface area contributed by atoms with Crippen LogP contribution in [0.3, 0.4) is 0 Å². The van der Waals surface area contributed by atoms with E-state index < -0.39 is 7.26 Å². The van der Waals surface area contributed by atoms with Crippen LogP contribution in [0.25, 0.3) is 0 Å². The second-order valence-corrected chi connectivity index (χ2v) is 10.5. The van der Waals surface area contributed by atoms with Gasteiger partial charge in [0.15, 0.2) is 19.0 Å². The van der Waals surface area contributed by atoms with Crippen molar-refractivity contribution < 1.29 is 15.3 Å². The van der Waals surface area contributed by atoms with Crippen molar-refractivity contribution in [3.05, 3.63) is 0 Å². The SMILES string of the molecule is CC1(C)C2CCC(C2)C1C[P+](CO)(CO)CO. The molecule has 3 N–H and O–H groups in total. The van der Waals surface area contributed by atoms with E-state index in [0.29, 0.717) is 11.3 Å². The molecule has 2 rings (SSSR count). The second kappa shape index (κ2) is 4.77. The van der Waals surface area contributed by atoms with Gasteiger partial charge in [0.1, 0.15) is 0 Å². The Balaban J connectivity index is 2.13. The number of hydrogen-bond acceptors (Lipinski definition) is 3. The minimum atomic E-state index is -1.93. The van der Waals surface area contributed by atoms with E-state index in [1.54, 1.807) is 0 Å². The smallest absolute Gasteiger partial charge is 0.158 e. The van der Waals surface area contributed by atoms with Gasteiger partial charge in [-0.25, -0.2) is 0 Å². The highest BCUT2D eigenvalue weighted by molar-refractivity contribution is 7.75. The van der Waals surface area contributed by atoms with Crippen molar-refractivity contribution in [2.75, 3.05) is 25.2 Å². The van der Waals surface area contributed by atoms with Gasteiger partial charge < -0.3 is 15.3 Å². The van der Waals surface area contributed by atoms with Gasteiger partial charge in [0.2, 0.25) is 0 Å². The molecule has 0 heterocycles. The van der Waals surface area contributed by atoms with Crippen LogP contribution < -0.4 is 0 Å². The Morgan fingerprint density at radius 2 is 1.65 bits per heavy atom. The van der Waals surface area contributed by atoms with Gasteiger partial charge in [0.25, 0.3) is 0 Å². The molecule has 2 fully saturated rings. The van der Waals surface area contributed by atoms with Crippen LogP contribution in [0.1, 0.15) is 33.1 Å². The summed E-state index contributed by atoms with van der Waals surface area (Å²) in [5.74, 6) is 2.16. The molecule has 2 aliphatic carbocycles. The summed E-state index contributed by atoms with van der Waals surface area (Å²) < 4.78 is 0. The molecule has 3 unspecified atom stereocenters. The lowest BCUT2D eigenvalue weighted by molar-refractivity contribution is 0.138. The summed E-state index contributed by atoms with van der Waals surface area (Å²) in [4.78, 5) is 0. The Kier molecular flexibility index (Phi) is 3.85. The first kappa shape index (κ1) is 13.7. The van der Waals surface area contributed by atoms with E-state index in [1.807, 2.05) is 0 Å². The van der Waals surface area contributed by atoms with E-state index in [-0.39, 0.29) is 19.0 Å². The van der Waals surface area contributed by atoms with Crippen LogP contribution in [-0.4, -0.2) is 40.5 Å². The zero-order valence-electron chi connectivity index (χ0n) is 11.0. The molecular weight excluding hydrogens is 235 g/mol. The molecule has 0 amide bonds. The van der Waals surface area contributed by atoms with Crippen molar-refractivity contribution in [3.8, 4) is 0 Å². The molecule has 0 saturated heterocycles. The molecule has 4 heteroatoms. The Morgan fingerprint density at radius 1 is 1.06 bits per heavy atom. The average Bonchev–Trinajstić information content (AvgIpc) is 2.88. The van der Waals surface area contributed by atoms with Crippen molar-refractivity contribution in [2.24, 2.45) is 23.2 Å². The lowest BCUT2D eigenvalue weighted by Crippen LogP contribution is -2.35. The first-order valence-corrected chi connectivity index (χ1v) is 9.20. The Labute approximate surface area is 105 Å². The van der Waals surface area contributed by atoms with E-state index in [9.17, 15) is 15.3 Å². The standard InChI is InChI=1S/C13H26O3P/c1-13(2)11-4-3-10(5-11)12(13)6-17(7-14,8-15)9-16/h10-12,14-16H,3-9H2,1-2H3/q+1. The fourth-order valence-corrected chi connectivity index (χ4v) is 6.29. The summed E-state index contributed by atoms with van der Waals surface area (Å²) in [6, 6.07) is 0. The highest BCUT2D eigenvalue weighted by atomic mass is 31.2. The fourth-order valence-electron chi connectivity index (χ4n) is 4.08. The summed E-state index contributed by atoms with van der Waals surface area (Å²) in [6.07, 6.45) is 4.81. The Bertz CT molecular complexity index is 268. The van der Waals surface area contributed by atoms with Crippen LogP contribution >= 0.6 is 7.26 Å². The first-order valence-electron chi connectivity index (χ1n) is 6.67. The number of hydrogen-bond donors (Lipinski definition) is 3. The van der Waals surface area contributed by atoms with Crippen molar-refractivity contribution in [2.45, 2.75) is 33.1 Å². The minimum Gasteiger partial charge on any atom is -0.362 e. The van der Waals surface area contributed by atoms with Crippen LogP contribution in [0.4, 0.5) is 0 Å². The third-order valence-electron chi connectivity index (χ3n) is 5.53. The highest BCUT2D eigenvalue weighted by Gasteiger charge is 2.56. The topological polar surface area (TPSA) is 60.7 Å². The molecule has 17 heavy (non-hydrogen) atoms. The molecule has 0 aliphatic heterocycles. The first-order chi connectivity index (χ1) is 7.99. The number of aliphatic hydroxyl groups is 3. The maximum absolute atomic E-state index is 9.51. The lowest BCUT2D eigenvalue weighted by atomic mass is 9.69. The molecule has 0 radical (unpaired) electrons. The lowest BCUT2D eigenvalue weighted by Gasteiger charge is -2.40. The van der Waals surface area contributed by atoms with Gasteiger partial charge in [0.05, 0.1) is 13.4 Å².